The summed E-state index contributed by atoms with van der Waals surface area (Å²) in [7, 11) is 0. The Bertz CT molecular complexity index is 1290. The quantitative estimate of drug-likeness (QED) is 0.374. The summed E-state index contributed by atoms with van der Waals surface area (Å²) in [5.41, 5.74) is 2.38. The average Bonchev–Trinajstić information content (AvgIpc) is 3.63. The number of aromatic nitrogens is 3. The van der Waals surface area contributed by atoms with Crippen molar-refractivity contribution >= 4 is 34.0 Å². The molecule has 0 aliphatic carbocycles. The van der Waals surface area contributed by atoms with Crippen LogP contribution >= 0.6 is 11.3 Å². The first-order valence-electron chi connectivity index (χ1n) is 14.1. The molecule has 0 spiro atoms. The molecule has 2 N–H and O–H groups in total. The second-order valence-corrected chi connectivity index (χ2v) is 11.2. The molecular formula is C29H37N7O3S. The zero-order chi connectivity index (χ0) is 27.9. The zero-order valence-electron chi connectivity index (χ0n) is 23.1. The van der Waals surface area contributed by atoms with Gasteiger partial charge in [0.25, 0.3) is 11.8 Å². The summed E-state index contributed by atoms with van der Waals surface area (Å²) in [6.45, 7) is 8.23. The standard InChI is InChI=1S/C29H37N7O3S/c1-3-11-30-26(37)23-17-21(18-36-14-4-6-20(36)2)7-8-24(23)33-27(38)25-19-40-29(34-25)35-15-9-22(10-16-35)39-28-31-12-5-13-32-28/h5,7-8,12-13,17,19-20,22H,3-4,6,9-11,14-16,18H2,1-2H3,(H,30,37)(H,33,38)/t20-/m0/s1. The normalized spacial score (nSPS) is 18.1. The van der Waals surface area contributed by atoms with Gasteiger partial charge in [-0.1, -0.05) is 13.0 Å². The maximum atomic E-state index is 13.2. The largest absolute Gasteiger partial charge is 0.460 e. The number of hydrogen-bond acceptors (Lipinski definition) is 9. The summed E-state index contributed by atoms with van der Waals surface area (Å²) >= 11 is 1.45. The number of carbonyl (C=O) groups is 2. The average molecular weight is 564 g/mol. The van der Waals surface area contributed by atoms with Crippen LogP contribution in [0.25, 0.3) is 0 Å². The molecule has 2 amide bonds. The van der Waals surface area contributed by atoms with E-state index < -0.39 is 0 Å². The van der Waals surface area contributed by atoms with Gasteiger partial charge in [0.2, 0.25) is 0 Å². The van der Waals surface area contributed by atoms with E-state index in [1.807, 2.05) is 25.1 Å². The summed E-state index contributed by atoms with van der Waals surface area (Å²) < 4.78 is 5.89. The summed E-state index contributed by atoms with van der Waals surface area (Å²) in [4.78, 5) is 43.7. The van der Waals surface area contributed by atoms with Crippen molar-refractivity contribution in [1.82, 2.24) is 25.2 Å². The number of carbonyl (C=O) groups excluding carboxylic acids is 2. The van der Waals surface area contributed by atoms with E-state index in [1.54, 1.807) is 23.8 Å². The van der Waals surface area contributed by atoms with E-state index in [2.05, 4.69) is 42.3 Å². The monoisotopic (exact) mass is 563 g/mol. The van der Waals surface area contributed by atoms with E-state index in [9.17, 15) is 9.59 Å². The van der Waals surface area contributed by atoms with Gasteiger partial charge in [0.15, 0.2) is 5.13 Å². The van der Waals surface area contributed by atoms with Gasteiger partial charge in [-0.2, -0.15) is 0 Å². The Morgan fingerprint density at radius 1 is 1.10 bits per heavy atom. The van der Waals surface area contributed by atoms with Gasteiger partial charge in [0.05, 0.1) is 11.3 Å². The second kappa shape index (κ2) is 13.2. The van der Waals surface area contributed by atoms with Gasteiger partial charge in [-0.15, -0.1) is 11.3 Å². The van der Waals surface area contributed by atoms with Crippen molar-refractivity contribution in [3.8, 4) is 6.01 Å². The predicted octanol–water partition coefficient (Wildman–Crippen LogP) is 4.36. The number of nitrogens with zero attached hydrogens (tertiary/aromatic N) is 5. The number of ether oxygens (including phenoxy) is 1. The van der Waals surface area contributed by atoms with E-state index in [1.165, 1.54) is 24.2 Å². The highest BCUT2D eigenvalue weighted by atomic mass is 32.1. The molecule has 2 saturated heterocycles. The van der Waals surface area contributed by atoms with Gasteiger partial charge in [-0.05, 0) is 56.5 Å². The molecule has 10 nitrogen and oxygen atoms in total. The first-order chi connectivity index (χ1) is 19.5. The maximum absolute atomic E-state index is 13.2. The van der Waals surface area contributed by atoms with E-state index >= 15 is 0 Å². The fourth-order valence-corrected chi connectivity index (χ4v) is 6.00. The van der Waals surface area contributed by atoms with E-state index in [4.69, 9.17) is 4.74 Å². The minimum absolute atomic E-state index is 0.0512. The Morgan fingerprint density at radius 3 is 2.62 bits per heavy atom. The number of likely N-dealkylation sites (tertiary alicyclic amines) is 1. The summed E-state index contributed by atoms with van der Waals surface area (Å²) in [5.74, 6) is -0.508. The minimum atomic E-state index is -0.326. The van der Waals surface area contributed by atoms with Crippen LogP contribution in [0.4, 0.5) is 10.8 Å². The molecule has 1 atom stereocenters. The Kier molecular flexibility index (Phi) is 9.22. The van der Waals surface area contributed by atoms with Crippen molar-refractivity contribution in [1.29, 1.82) is 0 Å². The van der Waals surface area contributed by atoms with Gasteiger partial charge in [0, 0.05) is 62.8 Å². The molecule has 2 fully saturated rings. The van der Waals surface area contributed by atoms with Crippen LogP contribution in [0.15, 0.2) is 42.0 Å². The van der Waals surface area contributed by atoms with Crippen molar-refractivity contribution in [2.24, 2.45) is 0 Å². The number of amides is 2. The van der Waals surface area contributed by atoms with Crippen LogP contribution in [-0.2, 0) is 6.54 Å². The topological polar surface area (TPSA) is 113 Å². The number of hydrogen-bond donors (Lipinski definition) is 2. The molecule has 4 heterocycles. The molecule has 212 valence electrons. The smallest absolute Gasteiger partial charge is 0.316 e. The number of rotatable bonds is 10. The molecule has 2 aliphatic rings. The highest BCUT2D eigenvalue weighted by molar-refractivity contribution is 7.14. The van der Waals surface area contributed by atoms with Crippen molar-refractivity contribution in [2.45, 2.75) is 64.6 Å². The fraction of sp³-hybridized carbons (Fsp3) is 0.483. The summed E-state index contributed by atoms with van der Waals surface area (Å²) in [6, 6.07) is 8.44. The third-order valence-electron chi connectivity index (χ3n) is 7.44. The molecule has 3 aromatic rings. The van der Waals surface area contributed by atoms with Gasteiger partial charge in [-0.25, -0.2) is 15.0 Å². The molecule has 5 rings (SSSR count). The van der Waals surface area contributed by atoms with Crippen molar-refractivity contribution in [3.05, 3.63) is 58.9 Å². The van der Waals surface area contributed by atoms with Crippen molar-refractivity contribution in [3.63, 3.8) is 0 Å². The predicted molar refractivity (Wildman–Crippen MR) is 156 cm³/mol. The van der Waals surface area contributed by atoms with E-state index in [-0.39, 0.29) is 17.9 Å². The molecule has 11 heteroatoms. The molecule has 2 aliphatic heterocycles. The SMILES string of the molecule is CCCNC(=O)c1cc(CN2CCC[C@@H]2C)ccc1NC(=O)c1csc(N2CCC(Oc3ncccn3)CC2)n1. The minimum Gasteiger partial charge on any atom is -0.460 e. The number of thiazole rings is 1. The van der Waals surface area contributed by atoms with Crippen LogP contribution in [0.3, 0.4) is 0 Å². The van der Waals surface area contributed by atoms with Crippen LogP contribution in [0.1, 0.15) is 72.4 Å². The van der Waals surface area contributed by atoms with Crippen LogP contribution in [0, 0.1) is 0 Å². The summed E-state index contributed by atoms with van der Waals surface area (Å²) in [6.07, 6.45) is 8.26. The Balaban J connectivity index is 1.22. The number of anilines is 2. The van der Waals surface area contributed by atoms with Gasteiger partial charge >= 0.3 is 6.01 Å². The Morgan fingerprint density at radius 2 is 1.90 bits per heavy atom. The van der Waals surface area contributed by atoms with Crippen molar-refractivity contribution < 1.29 is 14.3 Å². The lowest BCUT2D eigenvalue weighted by Crippen LogP contribution is -2.38. The number of benzene rings is 1. The first kappa shape index (κ1) is 28.0. The van der Waals surface area contributed by atoms with Crippen LogP contribution in [0.5, 0.6) is 6.01 Å². The van der Waals surface area contributed by atoms with Crippen LogP contribution in [-0.4, -0.2) is 70.0 Å². The maximum Gasteiger partial charge on any atom is 0.316 e. The lowest BCUT2D eigenvalue weighted by Gasteiger charge is -2.31. The van der Waals surface area contributed by atoms with Crippen molar-refractivity contribution in [2.75, 3.05) is 36.4 Å². The third kappa shape index (κ3) is 6.95. The second-order valence-electron chi connectivity index (χ2n) is 10.4. The third-order valence-corrected chi connectivity index (χ3v) is 8.34. The molecule has 0 radical (unpaired) electrons. The molecule has 0 bridgehead atoms. The summed E-state index contributed by atoms with van der Waals surface area (Å²) in [5, 5.41) is 8.47. The Hall–Kier alpha value is -3.57. The molecule has 2 aromatic heterocycles. The molecular weight excluding hydrogens is 526 g/mol. The lowest BCUT2D eigenvalue weighted by atomic mass is 10.1. The van der Waals surface area contributed by atoms with Crippen LogP contribution in [0.2, 0.25) is 0 Å². The van der Waals surface area contributed by atoms with Gasteiger partial charge in [0.1, 0.15) is 11.8 Å². The van der Waals surface area contributed by atoms with Gasteiger partial charge in [-0.3, -0.25) is 14.5 Å². The molecule has 40 heavy (non-hydrogen) atoms. The highest BCUT2D eigenvalue weighted by Crippen LogP contribution is 2.27. The fourth-order valence-electron chi connectivity index (χ4n) is 5.14. The number of piperidine rings is 1. The number of nitrogens with one attached hydrogen (secondary N) is 2. The van der Waals surface area contributed by atoms with E-state index in [0.717, 1.165) is 56.1 Å². The molecule has 1 aromatic carbocycles. The molecule has 0 unspecified atom stereocenters. The lowest BCUT2D eigenvalue weighted by molar-refractivity contribution is 0.0954. The van der Waals surface area contributed by atoms with Crippen LogP contribution < -0.4 is 20.3 Å². The Labute approximate surface area is 239 Å². The zero-order valence-corrected chi connectivity index (χ0v) is 24.0. The van der Waals surface area contributed by atoms with Gasteiger partial charge < -0.3 is 20.3 Å². The first-order valence-corrected chi connectivity index (χ1v) is 15.0. The highest BCUT2D eigenvalue weighted by Gasteiger charge is 2.25. The van der Waals surface area contributed by atoms with E-state index in [0.29, 0.717) is 35.5 Å². The molecule has 0 saturated carbocycles.